The fourth-order valence-corrected chi connectivity index (χ4v) is 3.24. The van der Waals surface area contributed by atoms with E-state index in [0.29, 0.717) is 12.6 Å². The van der Waals surface area contributed by atoms with Gasteiger partial charge in [-0.25, -0.2) is 4.99 Å². The van der Waals surface area contributed by atoms with Gasteiger partial charge in [0.15, 0.2) is 17.5 Å². The highest BCUT2D eigenvalue weighted by atomic mass is 79.9. The van der Waals surface area contributed by atoms with Gasteiger partial charge in [-0.15, -0.1) is 0 Å². The van der Waals surface area contributed by atoms with Gasteiger partial charge in [0.2, 0.25) is 6.79 Å². The monoisotopic (exact) mass is 383 g/mol. The normalized spacial score (nSPS) is 19.9. The van der Waals surface area contributed by atoms with Crippen LogP contribution in [0, 0.1) is 0 Å². The Bertz CT molecular complexity index is 574. The molecule has 1 aromatic rings. The number of hydrogen-bond donors (Lipinski definition) is 2. The molecule has 3 rings (SSSR count). The Morgan fingerprint density at radius 1 is 1.35 bits per heavy atom. The molecule has 1 atom stereocenters. The topological polar surface area (TPSA) is 64.1 Å². The predicted octanol–water partition coefficient (Wildman–Crippen LogP) is 2.41. The van der Waals surface area contributed by atoms with E-state index in [1.807, 2.05) is 12.1 Å². The summed E-state index contributed by atoms with van der Waals surface area (Å²) in [6.07, 6.45) is 2.55. The summed E-state index contributed by atoms with van der Waals surface area (Å²) in [7, 11) is 0. The van der Waals surface area contributed by atoms with E-state index in [0.717, 1.165) is 60.0 Å². The Balaban J connectivity index is 1.62. The molecule has 1 unspecified atom stereocenters. The number of nitrogens with one attached hydrogen (secondary N) is 2. The SMILES string of the molecule is CCNC(=NCc1cc(Br)c2c(c1)OCO2)NCC1CCCO1. The number of nitrogens with zero attached hydrogens (tertiary/aromatic N) is 1. The molecule has 126 valence electrons. The van der Waals surface area contributed by atoms with Crippen LogP contribution in [-0.4, -0.2) is 38.6 Å². The van der Waals surface area contributed by atoms with Gasteiger partial charge >= 0.3 is 0 Å². The van der Waals surface area contributed by atoms with Gasteiger partial charge in [0.25, 0.3) is 0 Å². The Labute approximate surface area is 144 Å². The number of guanidine groups is 1. The molecule has 0 saturated carbocycles. The molecular formula is C16H22BrN3O3. The second-order valence-electron chi connectivity index (χ2n) is 5.52. The van der Waals surface area contributed by atoms with Gasteiger partial charge < -0.3 is 24.8 Å². The van der Waals surface area contributed by atoms with Crippen molar-refractivity contribution in [2.24, 2.45) is 4.99 Å². The first kappa shape index (κ1) is 16.4. The van der Waals surface area contributed by atoms with E-state index in [4.69, 9.17) is 14.2 Å². The molecule has 7 heteroatoms. The molecule has 2 aliphatic rings. The highest BCUT2D eigenvalue weighted by Crippen LogP contribution is 2.40. The molecule has 1 saturated heterocycles. The van der Waals surface area contributed by atoms with Crippen molar-refractivity contribution in [3.05, 3.63) is 22.2 Å². The fraction of sp³-hybridized carbons (Fsp3) is 0.562. The van der Waals surface area contributed by atoms with Gasteiger partial charge in [0.05, 0.1) is 17.1 Å². The van der Waals surface area contributed by atoms with Gasteiger partial charge in [-0.2, -0.15) is 0 Å². The number of fused-ring (bicyclic) bond motifs is 1. The Morgan fingerprint density at radius 3 is 3.04 bits per heavy atom. The minimum atomic E-state index is 0.270. The van der Waals surface area contributed by atoms with E-state index in [2.05, 4.69) is 38.5 Å². The summed E-state index contributed by atoms with van der Waals surface area (Å²) in [6, 6.07) is 3.99. The molecule has 0 aliphatic carbocycles. The first-order chi connectivity index (χ1) is 11.3. The van der Waals surface area contributed by atoms with Crippen LogP contribution in [0.2, 0.25) is 0 Å². The molecule has 0 radical (unpaired) electrons. The largest absolute Gasteiger partial charge is 0.454 e. The number of aliphatic imine (C=N–C) groups is 1. The number of hydrogen-bond acceptors (Lipinski definition) is 4. The lowest BCUT2D eigenvalue weighted by Gasteiger charge is -2.14. The van der Waals surface area contributed by atoms with Gasteiger partial charge in [0.1, 0.15) is 0 Å². The molecular weight excluding hydrogens is 362 g/mol. The average molecular weight is 384 g/mol. The van der Waals surface area contributed by atoms with Gasteiger partial charge in [-0.05, 0) is 53.4 Å². The minimum absolute atomic E-state index is 0.270. The Hall–Kier alpha value is -1.47. The van der Waals surface area contributed by atoms with Crippen LogP contribution in [0.15, 0.2) is 21.6 Å². The van der Waals surface area contributed by atoms with E-state index in [1.54, 1.807) is 0 Å². The molecule has 23 heavy (non-hydrogen) atoms. The van der Waals surface area contributed by atoms with Gasteiger partial charge in [-0.3, -0.25) is 0 Å². The summed E-state index contributed by atoms with van der Waals surface area (Å²) >= 11 is 3.51. The summed E-state index contributed by atoms with van der Waals surface area (Å²) in [6.45, 7) is 5.37. The molecule has 6 nitrogen and oxygen atoms in total. The van der Waals surface area contributed by atoms with Crippen molar-refractivity contribution < 1.29 is 14.2 Å². The van der Waals surface area contributed by atoms with Crippen molar-refractivity contribution in [3.8, 4) is 11.5 Å². The van der Waals surface area contributed by atoms with E-state index in [9.17, 15) is 0 Å². The van der Waals surface area contributed by atoms with E-state index in [1.165, 1.54) is 0 Å². The minimum Gasteiger partial charge on any atom is -0.454 e. The fourth-order valence-electron chi connectivity index (χ4n) is 2.64. The lowest BCUT2D eigenvalue weighted by molar-refractivity contribution is 0.114. The van der Waals surface area contributed by atoms with Crippen LogP contribution in [0.25, 0.3) is 0 Å². The van der Waals surface area contributed by atoms with Gasteiger partial charge in [0, 0.05) is 19.7 Å². The van der Waals surface area contributed by atoms with Crippen LogP contribution in [0.3, 0.4) is 0 Å². The van der Waals surface area contributed by atoms with Crippen molar-refractivity contribution in [1.82, 2.24) is 10.6 Å². The third-order valence-corrected chi connectivity index (χ3v) is 4.36. The molecule has 0 aromatic heterocycles. The predicted molar refractivity (Wildman–Crippen MR) is 92.1 cm³/mol. The summed E-state index contributed by atoms with van der Waals surface area (Å²) in [5.74, 6) is 2.33. The summed E-state index contributed by atoms with van der Waals surface area (Å²) in [5.41, 5.74) is 1.07. The van der Waals surface area contributed by atoms with Crippen LogP contribution < -0.4 is 20.1 Å². The highest BCUT2D eigenvalue weighted by molar-refractivity contribution is 9.10. The molecule has 0 bridgehead atoms. The Kier molecular flexibility index (Phi) is 5.61. The number of halogens is 1. The lowest BCUT2D eigenvalue weighted by Crippen LogP contribution is -2.41. The van der Waals surface area contributed by atoms with Crippen molar-refractivity contribution in [2.45, 2.75) is 32.4 Å². The van der Waals surface area contributed by atoms with Crippen molar-refractivity contribution >= 4 is 21.9 Å². The zero-order valence-electron chi connectivity index (χ0n) is 13.2. The third-order valence-electron chi connectivity index (χ3n) is 3.77. The zero-order chi connectivity index (χ0) is 16.1. The molecule has 2 heterocycles. The second kappa shape index (κ2) is 7.88. The average Bonchev–Trinajstić information content (AvgIpc) is 3.21. The first-order valence-electron chi connectivity index (χ1n) is 7.98. The van der Waals surface area contributed by atoms with E-state index >= 15 is 0 Å². The van der Waals surface area contributed by atoms with Crippen LogP contribution in [0.5, 0.6) is 11.5 Å². The standard InChI is InChI=1S/C16H22BrN3O3/c1-2-18-16(20-9-12-4-3-5-21-12)19-8-11-6-13(17)15-14(7-11)22-10-23-15/h6-7,12H,2-5,8-10H2,1H3,(H2,18,19,20). The highest BCUT2D eigenvalue weighted by Gasteiger charge is 2.18. The summed E-state index contributed by atoms with van der Waals surface area (Å²) in [4.78, 5) is 4.63. The summed E-state index contributed by atoms with van der Waals surface area (Å²) < 4.78 is 17.4. The zero-order valence-corrected chi connectivity index (χ0v) is 14.8. The number of rotatable bonds is 5. The van der Waals surface area contributed by atoms with Crippen LogP contribution in [0.4, 0.5) is 0 Å². The third kappa shape index (κ3) is 4.29. The van der Waals surface area contributed by atoms with Gasteiger partial charge in [-0.1, -0.05) is 0 Å². The molecule has 1 aromatic carbocycles. The first-order valence-corrected chi connectivity index (χ1v) is 8.77. The number of ether oxygens (including phenoxy) is 3. The van der Waals surface area contributed by atoms with E-state index in [-0.39, 0.29) is 6.79 Å². The Morgan fingerprint density at radius 2 is 2.26 bits per heavy atom. The maximum atomic E-state index is 5.63. The van der Waals surface area contributed by atoms with Crippen LogP contribution >= 0.6 is 15.9 Å². The van der Waals surface area contributed by atoms with Crippen molar-refractivity contribution in [2.75, 3.05) is 26.5 Å². The smallest absolute Gasteiger partial charge is 0.231 e. The maximum Gasteiger partial charge on any atom is 0.231 e. The lowest BCUT2D eigenvalue weighted by atomic mass is 10.2. The maximum absolute atomic E-state index is 5.63. The summed E-state index contributed by atoms with van der Waals surface area (Å²) in [5, 5.41) is 6.61. The van der Waals surface area contributed by atoms with E-state index < -0.39 is 0 Å². The molecule has 2 aliphatic heterocycles. The quantitative estimate of drug-likeness (QED) is 0.603. The van der Waals surface area contributed by atoms with Crippen LogP contribution in [0.1, 0.15) is 25.3 Å². The van der Waals surface area contributed by atoms with Crippen molar-refractivity contribution in [1.29, 1.82) is 0 Å². The second-order valence-corrected chi connectivity index (χ2v) is 6.38. The number of benzene rings is 1. The molecule has 1 fully saturated rings. The molecule has 2 N–H and O–H groups in total. The van der Waals surface area contributed by atoms with Crippen LogP contribution in [-0.2, 0) is 11.3 Å². The van der Waals surface area contributed by atoms with Crippen molar-refractivity contribution in [3.63, 3.8) is 0 Å². The molecule has 0 amide bonds. The molecule has 0 spiro atoms.